The average molecular weight is 258 g/mol. The van der Waals surface area contributed by atoms with Gasteiger partial charge in [0.05, 0.1) is 17.4 Å². The number of H-pyrrole nitrogens is 1. The molecule has 1 saturated heterocycles. The average Bonchev–Trinajstić information content (AvgIpc) is 2.86. The minimum Gasteiger partial charge on any atom is -0.329 e. The first-order valence-electron chi connectivity index (χ1n) is 6.70. The van der Waals surface area contributed by atoms with E-state index in [2.05, 4.69) is 14.9 Å². The van der Waals surface area contributed by atoms with Gasteiger partial charge in [0.15, 0.2) is 0 Å². The molecule has 0 aliphatic carbocycles. The van der Waals surface area contributed by atoms with Gasteiger partial charge < -0.3 is 10.7 Å². The lowest BCUT2D eigenvalue weighted by atomic mass is 10.2. The van der Waals surface area contributed by atoms with Crippen LogP contribution in [0.2, 0.25) is 0 Å². The van der Waals surface area contributed by atoms with E-state index in [0.717, 1.165) is 24.3 Å². The molecule has 1 aromatic carbocycles. The Hall–Kier alpha value is -1.72. The van der Waals surface area contributed by atoms with Crippen molar-refractivity contribution >= 4 is 10.9 Å². The van der Waals surface area contributed by atoms with E-state index < -0.39 is 0 Å². The molecule has 1 aliphatic heterocycles. The predicted molar refractivity (Wildman–Crippen MR) is 74.9 cm³/mol. The molecule has 0 amide bonds. The second-order valence-electron chi connectivity index (χ2n) is 5.03. The minimum atomic E-state index is -0.0657. The Labute approximate surface area is 111 Å². The lowest BCUT2D eigenvalue weighted by Crippen LogP contribution is -2.35. The molecule has 1 aliphatic rings. The van der Waals surface area contributed by atoms with Gasteiger partial charge in [-0.25, -0.2) is 4.98 Å². The standard InChI is InChI=1S/C14H18N4O/c15-8-10-4-3-7-18(10)9-13-16-12-6-2-1-5-11(12)14(19)17-13/h1-2,5-6,10H,3-4,7-9,15H2,(H,16,17,19). The van der Waals surface area contributed by atoms with Crippen molar-refractivity contribution in [3.05, 3.63) is 40.4 Å². The number of nitrogens with two attached hydrogens (primary N) is 1. The van der Waals surface area contributed by atoms with Crippen LogP contribution in [0.25, 0.3) is 10.9 Å². The molecular weight excluding hydrogens is 240 g/mol. The smallest absolute Gasteiger partial charge is 0.258 e. The third-order valence-corrected chi connectivity index (χ3v) is 3.79. The summed E-state index contributed by atoms with van der Waals surface area (Å²) in [5.74, 6) is 0.726. The topological polar surface area (TPSA) is 75.0 Å². The van der Waals surface area contributed by atoms with Crippen LogP contribution in [0.4, 0.5) is 0 Å². The first-order valence-corrected chi connectivity index (χ1v) is 6.70. The maximum absolute atomic E-state index is 12.0. The van der Waals surface area contributed by atoms with Gasteiger partial charge in [0.2, 0.25) is 0 Å². The van der Waals surface area contributed by atoms with Crippen LogP contribution in [0.1, 0.15) is 18.7 Å². The van der Waals surface area contributed by atoms with E-state index in [9.17, 15) is 4.79 Å². The second-order valence-corrected chi connectivity index (χ2v) is 5.03. The molecule has 5 heteroatoms. The summed E-state index contributed by atoms with van der Waals surface area (Å²) in [6, 6.07) is 7.83. The van der Waals surface area contributed by atoms with Crippen molar-refractivity contribution in [1.82, 2.24) is 14.9 Å². The highest BCUT2D eigenvalue weighted by Crippen LogP contribution is 2.18. The zero-order chi connectivity index (χ0) is 13.2. The van der Waals surface area contributed by atoms with E-state index in [1.54, 1.807) is 6.07 Å². The quantitative estimate of drug-likeness (QED) is 0.855. The highest BCUT2D eigenvalue weighted by molar-refractivity contribution is 5.77. The fourth-order valence-electron chi connectivity index (χ4n) is 2.77. The van der Waals surface area contributed by atoms with Gasteiger partial charge in [0.25, 0.3) is 5.56 Å². The van der Waals surface area contributed by atoms with Crippen LogP contribution >= 0.6 is 0 Å². The van der Waals surface area contributed by atoms with Crippen LogP contribution in [0, 0.1) is 0 Å². The van der Waals surface area contributed by atoms with Gasteiger partial charge in [-0.15, -0.1) is 0 Å². The van der Waals surface area contributed by atoms with E-state index in [1.807, 2.05) is 18.2 Å². The summed E-state index contributed by atoms with van der Waals surface area (Å²) in [6.07, 6.45) is 2.30. The molecule has 3 N–H and O–H groups in total. The van der Waals surface area contributed by atoms with Crippen molar-refractivity contribution in [1.29, 1.82) is 0 Å². The van der Waals surface area contributed by atoms with Gasteiger partial charge in [-0.05, 0) is 31.5 Å². The molecule has 0 saturated carbocycles. The molecule has 2 heterocycles. The number of hydrogen-bond acceptors (Lipinski definition) is 4. The number of likely N-dealkylation sites (tertiary alicyclic amines) is 1. The van der Waals surface area contributed by atoms with Crippen LogP contribution in [-0.2, 0) is 6.54 Å². The molecule has 1 fully saturated rings. The maximum atomic E-state index is 12.0. The van der Waals surface area contributed by atoms with Crippen molar-refractivity contribution in [2.45, 2.75) is 25.4 Å². The Kier molecular flexibility index (Phi) is 3.31. The van der Waals surface area contributed by atoms with Crippen LogP contribution in [0.3, 0.4) is 0 Å². The fourth-order valence-corrected chi connectivity index (χ4v) is 2.77. The number of benzene rings is 1. The number of para-hydroxylation sites is 1. The molecular formula is C14H18N4O. The van der Waals surface area contributed by atoms with Crippen LogP contribution < -0.4 is 11.3 Å². The number of aromatic nitrogens is 2. The van der Waals surface area contributed by atoms with Gasteiger partial charge in [-0.2, -0.15) is 0 Å². The third-order valence-electron chi connectivity index (χ3n) is 3.79. The van der Waals surface area contributed by atoms with Gasteiger partial charge in [-0.3, -0.25) is 9.69 Å². The molecule has 1 unspecified atom stereocenters. The van der Waals surface area contributed by atoms with E-state index in [1.165, 1.54) is 6.42 Å². The number of nitrogens with one attached hydrogen (secondary N) is 1. The fraction of sp³-hybridized carbons (Fsp3) is 0.429. The van der Waals surface area contributed by atoms with E-state index >= 15 is 0 Å². The second kappa shape index (κ2) is 5.11. The Morgan fingerprint density at radius 1 is 1.42 bits per heavy atom. The summed E-state index contributed by atoms with van der Waals surface area (Å²) in [7, 11) is 0. The van der Waals surface area contributed by atoms with E-state index in [0.29, 0.717) is 24.5 Å². The first-order chi connectivity index (χ1) is 9.28. The SMILES string of the molecule is NCC1CCCN1Cc1nc2ccccc2c(=O)[nH]1. The molecule has 5 nitrogen and oxygen atoms in total. The van der Waals surface area contributed by atoms with E-state index in [4.69, 9.17) is 5.73 Å². The minimum absolute atomic E-state index is 0.0657. The van der Waals surface area contributed by atoms with Crippen molar-refractivity contribution < 1.29 is 0 Å². The molecule has 1 atom stereocenters. The number of aromatic amines is 1. The van der Waals surface area contributed by atoms with Crippen molar-refractivity contribution in [3.63, 3.8) is 0 Å². The number of hydrogen-bond donors (Lipinski definition) is 2. The zero-order valence-electron chi connectivity index (χ0n) is 10.8. The van der Waals surface area contributed by atoms with Crippen LogP contribution in [0.15, 0.2) is 29.1 Å². The normalized spacial score (nSPS) is 20.2. The zero-order valence-corrected chi connectivity index (χ0v) is 10.8. The third kappa shape index (κ3) is 2.39. The Morgan fingerprint density at radius 2 is 2.26 bits per heavy atom. The Morgan fingerprint density at radius 3 is 3.11 bits per heavy atom. The van der Waals surface area contributed by atoms with Gasteiger partial charge in [0.1, 0.15) is 5.82 Å². The van der Waals surface area contributed by atoms with Gasteiger partial charge in [0, 0.05) is 12.6 Å². The number of rotatable bonds is 3. The molecule has 100 valence electrons. The highest BCUT2D eigenvalue weighted by atomic mass is 16.1. The van der Waals surface area contributed by atoms with Crippen molar-refractivity contribution in [3.8, 4) is 0 Å². The van der Waals surface area contributed by atoms with Crippen LogP contribution in [-0.4, -0.2) is 34.0 Å². The summed E-state index contributed by atoms with van der Waals surface area (Å²) in [6.45, 7) is 2.36. The molecule has 19 heavy (non-hydrogen) atoms. The van der Waals surface area contributed by atoms with Crippen molar-refractivity contribution in [2.75, 3.05) is 13.1 Å². The van der Waals surface area contributed by atoms with Gasteiger partial charge >= 0.3 is 0 Å². The molecule has 0 bridgehead atoms. The number of fused-ring (bicyclic) bond motifs is 1. The van der Waals surface area contributed by atoms with Crippen molar-refractivity contribution in [2.24, 2.45) is 5.73 Å². The monoisotopic (exact) mass is 258 g/mol. The molecule has 2 aromatic rings. The summed E-state index contributed by atoms with van der Waals surface area (Å²) in [5.41, 5.74) is 6.45. The molecule has 0 radical (unpaired) electrons. The summed E-state index contributed by atoms with van der Waals surface area (Å²) in [4.78, 5) is 21.7. The summed E-state index contributed by atoms with van der Waals surface area (Å²) >= 11 is 0. The highest BCUT2D eigenvalue weighted by Gasteiger charge is 2.23. The largest absolute Gasteiger partial charge is 0.329 e. The lowest BCUT2D eigenvalue weighted by Gasteiger charge is -2.22. The first kappa shape index (κ1) is 12.3. The maximum Gasteiger partial charge on any atom is 0.258 e. The molecule has 3 rings (SSSR count). The molecule has 1 aromatic heterocycles. The Bertz CT molecular complexity index is 637. The van der Waals surface area contributed by atoms with E-state index in [-0.39, 0.29) is 5.56 Å². The van der Waals surface area contributed by atoms with Crippen LogP contribution in [0.5, 0.6) is 0 Å². The Balaban J connectivity index is 1.91. The predicted octanol–water partition coefficient (Wildman–Crippen LogP) is 0.846. The summed E-state index contributed by atoms with van der Waals surface area (Å²) < 4.78 is 0. The number of nitrogens with zero attached hydrogens (tertiary/aromatic N) is 2. The lowest BCUT2D eigenvalue weighted by molar-refractivity contribution is 0.244. The molecule has 0 spiro atoms. The summed E-state index contributed by atoms with van der Waals surface area (Å²) in [5, 5.41) is 0.642. The van der Waals surface area contributed by atoms with Gasteiger partial charge in [-0.1, -0.05) is 12.1 Å².